The Morgan fingerprint density at radius 1 is 1.22 bits per heavy atom. The largest absolute Gasteiger partial charge is 0.408 e. The van der Waals surface area contributed by atoms with Crippen molar-refractivity contribution in [2.45, 2.75) is 12.2 Å². The zero-order valence-electron chi connectivity index (χ0n) is 11.7. The monoisotopic (exact) mass is 370 g/mol. The second-order valence-corrected chi connectivity index (χ2v) is 5.40. The van der Waals surface area contributed by atoms with Crippen LogP contribution in [0.1, 0.15) is 11.6 Å². The van der Waals surface area contributed by atoms with Crippen LogP contribution in [0.15, 0.2) is 42.7 Å². The van der Waals surface area contributed by atoms with Gasteiger partial charge in [0, 0.05) is 6.20 Å². The zero-order chi connectivity index (χ0) is 17.6. The van der Waals surface area contributed by atoms with Crippen LogP contribution in [0.4, 0.5) is 22.0 Å². The number of benzene rings is 1. The molecule has 126 valence electrons. The van der Waals surface area contributed by atoms with Crippen LogP contribution in [0.2, 0.25) is 5.02 Å². The number of pyridine rings is 1. The van der Waals surface area contributed by atoms with Gasteiger partial charge in [-0.2, -0.15) is 13.2 Å². The van der Waals surface area contributed by atoms with Gasteiger partial charge in [-0.05, 0) is 36.9 Å². The van der Waals surface area contributed by atoms with E-state index in [1.807, 2.05) is 0 Å². The number of thiol groups is 1. The normalized spacial score (nSPS) is 12.6. The molecule has 0 amide bonds. The molecule has 0 N–H and O–H groups in total. The summed E-state index contributed by atoms with van der Waals surface area (Å²) >= 11 is 9.01. The molecule has 0 spiro atoms. The fourth-order valence-corrected chi connectivity index (χ4v) is 2.02. The van der Waals surface area contributed by atoms with Crippen molar-refractivity contribution >= 4 is 24.4 Å². The topological polar surface area (TPSA) is 16.1 Å². The van der Waals surface area contributed by atoms with Crippen molar-refractivity contribution < 1.29 is 22.0 Å². The molecule has 0 bridgehead atoms. The molecule has 0 saturated carbocycles. The van der Waals surface area contributed by atoms with E-state index in [9.17, 15) is 22.0 Å². The van der Waals surface area contributed by atoms with E-state index in [2.05, 4.69) is 17.8 Å². The lowest BCUT2D eigenvalue weighted by atomic mass is 10.1. The van der Waals surface area contributed by atoms with Crippen molar-refractivity contribution in [1.82, 2.24) is 9.29 Å². The highest BCUT2D eigenvalue weighted by Crippen LogP contribution is 2.38. The molecule has 23 heavy (non-hydrogen) atoms. The maximum absolute atomic E-state index is 13.0. The Morgan fingerprint density at radius 3 is 2.22 bits per heavy atom. The van der Waals surface area contributed by atoms with Crippen molar-refractivity contribution in [1.29, 1.82) is 0 Å². The van der Waals surface area contributed by atoms with Gasteiger partial charge in [-0.3, -0.25) is 4.98 Å². The van der Waals surface area contributed by atoms with E-state index < -0.39 is 18.0 Å². The first-order chi connectivity index (χ1) is 10.6. The molecule has 0 aliphatic carbocycles. The number of rotatable bonds is 2. The number of hydrogen-bond acceptors (Lipinski definition) is 3. The lowest BCUT2D eigenvalue weighted by Gasteiger charge is -2.26. The molecular formula is C14H12ClF5N2S. The maximum atomic E-state index is 13.0. The summed E-state index contributed by atoms with van der Waals surface area (Å²) < 4.78 is 63.5. The molecule has 1 atom stereocenters. The van der Waals surface area contributed by atoms with Crippen LogP contribution in [0.25, 0.3) is 0 Å². The zero-order valence-corrected chi connectivity index (χ0v) is 13.4. The number of nitrogens with zero attached hydrogens (tertiary/aromatic N) is 2. The standard InChI is InChI=1S/C9H8ClF4NS.C5H4FN/c1-15(16)8(9(12,13)14)5-2-3-6(10)7(11)4-5;6-5-2-1-3-7-4-5/h2-4,8,16H,1H3;1-4H. The van der Waals surface area contributed by atoms with E-state index >= 15 is 0 Å². The third kappa shape index (κ3) is 6.32. The number of hydrogen-bond donors (Lipinski definition) is 1. The highest BCUT2D eigenvalue weighted by Gasteiger charge is 2.43. The molecule has 2 rings (SSSR count). The van der Waals surface area contributed by atoms with Crippen LogP contribution in [0.5, 0.6) is 0 Å². The minimum atomic E-state index is -4.53. The fraction of sp³-hybridized carbons (Fsp3) is 0.214. The minimum Gasteiger partial charge on any atom is -0.262 e. The Balaban J connectivity index is 0.000000313. The Hall–Kier alpha value is -1.38. The molecule has 1 heterocycles. The summed E-state index contributed by atoms with van der Waals surface area (Å²) in [7, 11) is 1.15. The van der Waals surface area contributed by atoms with Gasteiger partial charge in [0.15, 0.2) is 0 Å². The Morgan fingerprint density at radius 2 is 1.87 bits per heavy atom. The second kappa shape index (κ2) is 8.47. The van der Waals surface area contributed by atoms with Crippen molar-refractivity contribution in [3.63, 3.8) is 0 Å². The van der Waals surface area contributed by atoms with Gasteiger partial charge >= 0.3 is 6.18 Å². The molecule has 1 aromatic heterocycles. The van der Waals surface area contributed by atoms with Gasteiger partial charge in [0.25, 0.3) is 0 Å². The van der Waals surface area contributed by atoms with Gasteiger partial charge in [-0.15, -0.1) is 0 Å². The van der Waals surface area contributed by atoms with E-state index in [1.54, 1.807) is 6.07 Å². The van der Waals surface area contributed by atoms with Crippen LogP contribution in [-0.4, -0.2) is 22.5 Å². The van der Waals surface area contributed by atoms with Gasteiger partial charge in [0.1, 0.15) is 17.7 Å². The SMILES string of the molecule is CN(S)C(c1ccc(Cl)c(F)c1)C(F)(F)F.Fc1cccnc1. The lowest BCUT2D eigenvalue weighted by molar-refractivity contribution is -0.169. The van der Waals surface area contributed by atoms with Gasteiger partial charge in [0.2, 0.25) is 0 Å². The van der Waals surface area contributed by atoms with Crippen LogP contribution in [0, 0.1) is 11.6 Å². The Labute approximate surface area is 140 Å². The molecule has 2 aromatic rings. The predicted octanol–water partition coefficient (Wildman–Crippen LogP) is 5.08. The maximum Gasteiger partial charge on any atom is 0.408 e. The molecule has 0 aliphatic heterocycles. The second-order valence-electron chi connectivity index (χ2n) is 4.36. The molecular weight excluding hydrogens is 359 g/mol. The first-order valence-electron chi connectivity index (χ1n) is 6.12. The minimum absolute atomic E-state index is 0.216. The van der Waals surface area contributed by atoms with Crippen LogP contribution >= 0.6 is 24.4 Å². The summed E-state index contributed by atoms with van der Waals surface area (Å²) in [6.07, 6.45) is -1.83. The third-order valence-electron chi connectivity index (χ3n) is 2.57. The molecule has 9 heteroatoms. The Bertz CT molecular complexity index is 622. The molecule has 0 fully saturated rings. The smallest absolute Gasteiger partial charge is 0.262 e. The number of halogens is 6. The summed E-state index contributed by atoms with van der Waals surface area (Å²) in [6, 6.07) is 3.90. The summed E-state index contributed by atoms with van der Waals surface area (Å²) in [5.41, 5.74) is -0.244. The van der Waals surface area contributed by atoms with Crippen molar-refractivity contribution in [2.75, 3.05) is 7.05 Å². The van der Waals surface area contributed by atoms with E-state index in [-0.39, 0.29) is 16.4 Å². The molecule has 1 aromatic carbocycles. The third-order valence-corrected chi connectivity index (χ3v) is 3.11. The van der Waals surface area contributed by atoms with Crippen LogP contribution < -0.4 is 0 Å². The number of aromatic nitrogens is 1. The Kier molecular flexibility index (Phi) is 7.24. The van der Waals surface area contributed by atoms with Gasteiger partial charge in [-0.25, -0.2) is 13.1 Å². The molecule has 1 unspecified atom stereocenters. The van der Waals surface area contributed by atoms with E-state index in [1.165, 1.54) is 18.5 Å². The first kappa shape index (κ1) is 19.7. The van der Waals surface area contributed by atoms with Crippen molar-refractivity contribution in [2.24, 2.45) is 0 Å². The van der Waals surface area contributed by atoms with Gasteiger partial charge in [-0.1, -0.05) is 30.5 Å². The highest BCUT2D eigenvalue weighted by molar-refractivity contribution is 7.77. The average molecular weight is 371 g/mol. The molecule has 0 saturated heterocycles. The van der Waals surface area contributed by atoms with Crippen molar-refractivity contribution in [3.05, 3.63) is 64.9 Å². The van der Waals surface area contributed by atoms with Crippen LogP contribution in [-0.2, 0) is 0 Å². The summed E-state index contributed by atoms with van der Waals surface area (Å²) in [5.74, 6) is -1.17. The number of alkyl halides is 3. The van der Waals surface area contributed by atoms with E-state index in [0.717, 1.165) is 25.2 Å². The van der Waals surface area contributed by atoms with Crippen molar-refractivity contribution in [3.8, 4) is 0 Å². The summed E-state index contributed by atoms with van der Waals surface area (Å²) in [6.45, 7) is 0. The average Bonchev–Trinajstić information content (AvgIpc) is 2.42. The summed E-state index contributed by atoms with van der Waals surface area (Å²) in [4.78, 5) is 3.51. The highest BCUT2D eigenvalue weighted by atomic mass is 35.5. The lowest BCUT2D eigenvalue weighted by Crippen LogP contribution is -2.30. The van der Waals surface area contributed by atoms with E-state index in [4.69, 9.17) is 11.6 Å². The molecule has 2 nitrogen and oxygen atoms in total. The van der Waals surface area contributed by atoms with Gasteiger partial charge < -0.3 is 0 Å². The quantitative estimate of drug-likeness (QED) is 0.586. The van der Waals surface area contributed by atoms with Crippen LogP contribution in [0.3, 0.4) is 0 Å². The summed E-state index contributed by atoms with van der Waals surface area (Å²) in [5, 5.41) is -0.216. The fourth-order valence-electron chi connectivity index (χ4n) is 1.64. The first-order valence-corrected chi connectivity index (χ1v) is 6.89. The predicted molar refractivity (Wildman–Crippen MR) is 81.2 cm³/mol. The molecule has 0 radical (unpaired) electrons. The molecule has 0 aliphatic rings. The van der Waals surface area contributed by atoms with Gasteiger partial charge in [0.05, 0.1) is 11.2 Å². The van der Waals surface area contributed by atoms with E-state index in [0.29, 0.717) is 4.31 Å².